The molecule has 0 bridgehead atoms. The van der Waals surface area contributed by atoms with Crippen molar-refractivity contribution in [3.05, 3.63) is 58.1 Å². The van der Waals surface area contributed by atoms with E-state index in [2.05, 4.69) is 0 Å². The van der Waals surface area contributed by atoms with Crippen LogP contribution in [0.15, 0.2) is 42.5 Å². The summed E-state index contributed by atoms with van der Waals surface area (Å²) in [7, 11) is 1.60. The highest BCUT2D eigenvalue weighted by molar-refractivity contribution is 5.80. The monoisotopic (exact) mass is 331 g/mol. The molecule has 0 spiro atoms. The number of methoxy groups -OCH3 is 1. The Bertz CT molecular complexity index is 699. The summed E-state index contributed by atoms with van der Waals surface area (Å²) >= 11 is 0. The third kappa shape index (κ3) is 4.70. The van der Waals surface area contributed by atoms with Gasteiger partial charge < -0.3 is 14.2 Å². The van der Waals surface area contributed by atoms with Crippen LogP contribution in [-0.2, 0) is 0 Å². The lowest BCUT2D eigenvalue weighted by Gasteiger charge is -2.09. The number of carbonyl (C=O) groups excluding carboxylic acids is 1. The van der Waals surface area contributed by atoms with E-state index in [0.717, 1.165) is 11.5 Å². The van der Waals surface area contributed by atoms with Gasteiger partial charge in [-0.05, 0) is 30.3 Å². The van der Waals surface area contributed by atoms with Crippen LogP contribution in [-0.4, -0.2) is 31.5 Å². The van der Waals surface area contributed by atoms with Crippen LogP contribution in [0.25, 0.3) is 0 Å². The number of benzene rings is 2. The lowest BCUT2D eigenvalue weighted by Crippen LogP contribution is -2.06. The number of nitro benzene ring substituents is 1. The summed E-state index contributed by atoms with van der Waals surface area (Å²) in [6, 6.07) is 11.1. The minimum absolute atomic E-state index is 0.146. The number of nitrogens with zero attached hydrogens (tertiary/aromatic N) is 1. The molecule has 0 atom stereocenters. The fourth-order valence-electron chi connectivity index (χ4n) is 1.98. The highest BCUT2D eigenvalue weighted by Crippen LogP contribution is 2.23. The van der Waals surface area contributed by atoms with Crippen LogP contribution in [0.5, 0.6) is 17.2 Å². The number of non-ortho nitro benzene ring substituents is 1. The van der Waals surface area contributed by atoms with Crippen molar-refractivity contribution in [2.75, 3.05) is 20.3 Å². The van der Waals surface area contributed by atoms with E-state index in [1.54, 1.807) is 31.4 Å². The Morgan fingerprint density at radius 2 is 1.71 bits per heavy atom. The molecule has 0 saturated carbocycles. The van der Waals surface area contributed by atoms with E-state index in [4.69, 9.17) is 14.2 Å². The topological polar surface area (TPSA) is 87.9 Å². The van der Waals surface area contributed by atoms with E-state index in [9.17, 15) is 14.9 Å². The SMILES string of the molecule is COc1ccc(OCCCOc2ccc([N+](=O)[O-])cc2C=O)cc1. The number of hydrogen-bond donors (Lipinski definition) is 0. The number of ether oxygens (including phenoxy) is 3. The summed E-state index contributed by atoms with van der Waals surface area (Å²) in [6.07, 6.45) is 1.14. The molecule has 0 aliphatic carbocycles. The third-order valence-corrected chi connectivity index (χ3v) is 3.21. The fraction of sp³-hybridized carbons (Fsp3) is 0.235. The van der Waals surface area contributed by atoms with Gasteiger partial charge in [0.05, 0.1) is 30.8 Å². The standard InChI is InChI=1S/C17H17NO6/c1-22-15-4-6-16(7-5-15)23-9-2-10-24-17-8-3-14(18(20)21)11-13(17)12-19/h3-8,11-12H,2,9-10H2,1H3. The van der Waals surface area contributed by atoms with E-state index >= 15 is 0 Å². The molecule has 0 saturated heterocycles. The molecule has 0 unspecified atom stereocenters. The molecule has 2 aromatic carbocycles. The molecule has 0 N–H and O–H groups in total. The van der Waals surface area contributed by atoms with Gasteiger partial charge in [0.1, 0.15) is 17.2 Å². The largest absolute Gasteiger partial charge is 0.497 e. The minimum atomic E-state index is -0.556. The van der Waals surface area contributed by atoms with Gasteiger partial charge in [-0.2, -0.15) is 0 Å². The van der Waals surface area contributed by atoms with Gasteiger partial charge in [0.15, 0.2) is 6.29 Å². The second kappa shape index (κ2) is 8.52. The first-order valence-corrected chi connectivity index (χ1v) is 7.27. The first kappa shape index (κ1) is 17.3. The molecular formula is C17H17NO6. The van der Waals surface area contributed by atoms with Crippen LogP contribution in [0.1, 0.15) is 16.8 Å². The summed E-state index contributed by atoms with van der Waals surface area (Å²) in [6.45, 7) is 0.768. The molecule has 2 aromatic rings. The quantitative estimate of drug-likeness (QED) is 0.303. The van der Waals surface area contributed by atoms with Crippen LogP contribution in [0.2, 0.25) is 0 Å². The molecule has 24 heavy (non-hydrogen) atoms. The van der Waals surface area contributed by atoms with Crippen molar-refractivity contribution in [3.63, 3.8) is 0 Å². The maximum Gasteiger partial charge on any atom is 0.270 e. The summed E-state index contributed by atoms with van der Waals surface area (Å²) in [5.74, 6) is 1.80. The van der Waals surface area contributed by atoms with Crippen LogP contribution < -0.4 is 14.2 Å². The van der Waals surface area contributed by atoms with Gasteiger partial charge in [-0.1, -0.05) is 0 Å². The Labute approximate surface area is 138 Å². The van der Waals surface area contributed by atoms with Gasteiger partial charge >= 0.3 is 0 Å². The summed E-state index contributed by atoms with van der Waals surface area (Å²) in [5.41, 5.74) is 0.00700. The highest BCUT2D eigenvalue weighted by atomic mass is 16.6. The molecule has 126 valence electrons. The molecule has 0 heterocycles. The highest BCUT2D eigenvalue weighted by Gasteiger charge is 2.11. The Kier molecular flexibility index (Phi) is 6.13. The van der Waals surface area contributed by atoms with Crippen molar-refractivity contribution >= 4 is 12.0 Å². The van der Waals surface area contributed by atoms with E-state index in [1.807, 2.05) is 0 Å². The second-order valence-corrected chi connectivity index (χ2v) is 4.82. The van der Waals surface area contributed by atoms with Gasteiger partial charge in [-0.3, -0.25) is 14.9 Å². The Hall–Kier alpha value is -3.09. The van der Waals surface area contributed by atoms with Gasteiger partial charge in [0, 0.05) is 18.6 Å². The van der Waals surface area contributed by atoms with Crippen molar-refractivity contribution < 1.29 is 23.9 Å². The second-order valence-electron chi connectivity index (χ2n) is 4.82. The molecule has 0 radical (unpaired) electrons. The summed E-state index contributed by atoms with van der Waals surface area (Å²) in [5, 5.41) is 10.7. The van der Waals surface area contributed by atoms with Crippen molar-refractivity contribution in [1.29, 1.82) is 0 Å². The number of carbonyl (C=O) groups is 1. The van der Waals surface area contributed by atoms with Crippen LogP contribution >= 0.6 is 0 Å². The fourth-order valence-corrected chi connectivity index (χ4v) is 1.98. The van der Waals surface area contributed by atoms with Crippen molar-refractivity contribution in [1.82, 2.24) is 0 Å². The van der Waals surface area contributed by atoms with Crippen LogP contribution in [0.4, 0.5) is 5.69 Å². The first-order valence-electron chi connectivity index (χ1n) is 7.27. The third-order valence-electron chi connectivity index (χ3n) is 3.21. The normalized spacial score (nSPS) is 10.0. The Balaban J connectivity index is 1.79. The van der Waals surface area contributed by atoms with Gasteiger partial charge in [-0.25, -0.2) is 0 Å². The Morgan fingerprint density at radius 3 is 2.33 bits per heavy atom. The Morgan fingerprint density at radius 1 is 1.04 bits per heavy atom. The molecule has 7 heteroatoms. The number of nitro groups is 1. The number of aldehydes is 1. The predicted molar refractivity (Wildman–Crippen MR) is 87.1 cm³/mol. The van der Waals surface area contributed by atoms with Crippen LogP contribution in [0, 0.1) is 10.1 Å². The average molecular weight is 331 g/mol. The van der Waals surface area contributed by atoms with Crippen LogP contribution in [0.3, 0.4) is 0 Å². The zero-order chi connectivity index (χ0) is 17.4. The zero-order valence-electron chi connectivity index (χ0n) is 13.1. The van der Waals surface area contributed by atoms with Gasteiger partial charge in [0.25, 0.3) is 5.69 Å². The predicted octanol–water partition coefficient (Wildman–Crippen LogP) is 3.26. The van der Waals surface area contributed by atoms with Gasteiger partial charge in [0.2, 0.25) is 0 Å². The first-order chi connectivity index (χ1) is 11.6. The van der Waals surface area contributed by atoms with E-state index in [0.29, 0.717) is 31.7 Å². The number of hydrogen-bond acceptors (Lipinski definition) is 6. The lowest BCUT2D eigenvalue weighted by atomic mass is 10.2. The molecule has 0 aliphatic rings. The molecule has 0 fully saturated rings. The number of rotatable bonds is 9. The van der Waals surface area contributed by atoms with E-state index in [1.165, 1.54) is 18.2 Å². The summed E-state index contributed by atoms with van der Waals surface area (Å²) < 4.78 is 16.1. The summed E-state index contributed by atoms with van der Waals surface area (Å²) in [4.78, 5) is 21.1. The lowest BCUT2D eigenvalue weighted by molar-refractivity contribution is -0.384. The molecule has 7 nitrogen and oxygen atoms in total. The minimum Gasteiger partial charge on any atom is -0.497 e. The molecule has 0 aliphatic heterocycles. The van der Waals surface area contributed by atoms with E-state index < -0.39 is 4.92 Å². The average Bonchev–Trinajstić information content (AvgIpc) is 2.61. The van der Waals surface area contributed by atoms with E-state index in [-0.39, 0.29) is 11.3 Å². The maximum absolute atomic E-state index is 11.0. The van der Waals surface area contributed by atoms with Gasteiger partial charge in [-0.15, -0.1) is 0 Å². The zero-order valence-corrected chi connectivity index (χ0v) is 13.1. The molecule has 2 rings (SSSR count). The van der Waals surface area contributed by atoms with Crippen molar-refractivity contribution in [2.24, 2.45) is 0 Å². The maximum atomic E-state index is 11.0. The molecular weight excluding hydrogens is 314 g/mol. The van der Waals surface area contributed by atoms with Crippen molar-refractivity contribution in [3.8, 4) is 17.2 Å². The molecule has 0 aromatic heterocycles. The smallest absolute Gasteiger partial charge is 0.270 e. The molecule has 0 amide bonds. The van der Waals surface area contributed by atoms with Crippen molar-refractivity contribution in [2.45, 2.75) is 6.42 Å².